The SMILES string of the molecule is COc1ccc(NC(=O)[C@H](NC(=O)C23CC4CC(CC(C4)C2)C3)C(C)C)cc1. The van der Waals surface area contributed by atoms with Crippen LogP contribution in [0.3, 0.4) is 0 Å². The maximum absolute atomic E-state index is 13.3. The highest BCUT2D eigenvalue weighted by Crippen LogP contribution is 2.60. The average Bonchev–Trinajstić information content (AvgIpc) is 2.65. The van der Waals surface area contributed by atoms with Crippen molar-refractivity contribution < 1.29 is 14.3 Å². The zero-order valence-electron chi connectivity index (χ0n) is 17.2. The van der Waals surface area contributed by atoms with E-state index >= 15 is 0 Å². The van der Waals surface area contributed by atoms with Crippen molar-refractivity contribution in [2.75, 3.05) is 12.4 Å². The normalized spacial score (nSPS) is 31.5. The molecule has 0 aromatic heterocycles. The molecule has 0 heterocycles. The van der Waals surface area contributed by atoms with Crippen LogP contribution in [-0.4, -0.2) is 25.0 Å². The van der Waals surface area contributed by atoms with Crippen LogP contribution in [0.5, 0.6) is 5.75 Å². The lowest BCUT2D eigenvalue weighted by Crippen LogP contribution is -2.57. The molecule has 4 aliphatic carbocycles. The number of hydrogen-bond acceptors (Lipinski definition) is 3. The lowest BCUT2D eigenvalue weighted by molar-refractivity contribution is -0.148. The molecule has 2 amide bonds. The number of rotatable bonds is 6. The lowest BCUT2D eigenvalue weighted by atomic mass is 9.49. The van der Waals surface area contributed by atoms with Gasteiger partial charge in [-0.05, 0) is 86.5 Å². The molecule has 5 nitrogen and oxygen atoms in total. The monoisotopic (exact) mass is 384 g/mol. The zero-order valence-corrected chi connectivity index (χ0v) is 17.2. The highest BCUT2D eigenvalue weighted by molar-refractivity contribution is 5.98. The molecule has 5 heteroatoms. The minimum absolute atomic E-state index is 0.0242. The molecule has 1 aromatic carbocycles. The molecule has 152 valence electrons. The molecule has 0 unspecified atom stereocenters. The second-order valence-electron chi connectivity index (χ2n) is 9.61. The van der Waals surface area contributed by atoms with Crippen molar-refractivity contribution in [2.45, 2.75) is 58.4 Å². The van der Waals surface area contributed by atoms with Gasteiger partial charge in [-0.15, -0.1) is 0 Å². The van der Waals surface area contributed by atoms with Gasteiger partial charge >= 0.3 is 0 Å². The van der Waals surface area contributed by atoms with Gasteiger partial charge in [0.15, 0.2) is 0 Å². The van der Waals surface area contributed by atoms with Gasteiger partial charge in [0.25, 0.3) is 0 Å². The first-order valence-corrected chi connectivity index (χ1v) is 10.6. The summed E-state index contributed by atoms with van der Waals surface area (Å²) < 4.78 is 5.16. The van der Waals surface area contributed by atoms with Gasteiger partial charge in [-0.1, -0.05) is 13.8 Å². The molecular formula is C23H32N2O3. The summed E-state index contributed by atoms with van der Waals surface area (Å²) in [6.45, 7) is 3.97. The number of methoxy groups -OCH3 is 1. The van der Waals surface area contributed by atoms with Crippen molar-refractivity contribution in [2.24, 2.45) is 29.1 Å². The Labute approximate surface area is 167 Å². The summed E-state index contributed by atoms with van der Waals surface area (Å²) >= 11 is 0. The molecule has 0 spiro atoms. The van der Waals surface area contributed by atoms with Crippen LogP contribution in [0, 0.1) is 29.1 Å². The van der Waals surface area contributed by atoms with Crippen LogP contribution < -0.4 is 15.4 Å². The Morgan fingerprint density at radius 1 is 1.00 bits per heavy atom. The minimum atomic E-state index is -0.525. The standard InChI is InChI=1S/C23H32N2O3/c1-14(2)20(21(26)24-18-4-6-19(28-3)7-5-18)25-22(27)23-11-15-8-16(12-23)10-17(9-15)13-23/h4-7,14-17,20H,8-13H2,1-3H3,(H,24,26)(H,25,27)/t15?,16?,17?,20-,23?/m1/s1. The predicted octanol–water partition coefficient (Wildman–Crippen LogP) is 3.99. The van der Waals surface area contributed by atoms with E-state index in [1.165, 1.54) is 19.3 Å². The van der Waals surface area contributed by atoms with E-state index < -0.39 is 6.04 Å². The van der Waals surface area contributed by atoms with E-state index in [9.17, 15) is 9.59 Å². The van der Waals surface area contributed by atoms with E-state index in [0.717, 1.165) is 25.0 Å². The fourth-order valence-electron chi connectivity index (χ4n) is 6.11. The molecule has 0 aliphatic heterocycles. The lowest BCUT2D eigenvalue weighted by Gasteiger charge is -2.55. The van der Waals surface area contributed by atoms with Gasteiger partial charge < -0.3 is 15.4 Å². The quantitative estimate of drug-likeness (QED) is 0.779. The maximum Gasteiger partial charge on any atom is 0.247 e. The van der Waals surface area contributed by atoms with Gasteiger partial charge in [-0.25, -0.2) is 0 Å². The summed E-state index contributed by atoms with van der Waals surface area (Å²) in [5.74, 6) is 2.85. The Morgan fingerprint density at radius 3 is 2.00 bits per heavy atom. The Balaban J connectivity index is 1.44. The first-order chi connectivity index (χ1) is 13.4. The zero-order chi connectivity index (χ0) is 19.9. The summed E-state index contributed by atoms with van der Waals surface area (Å²) in [6.07, 6.45) is 6.94. The van der Waals surface area contributed by atoms with Crippen LogP contribution in [0.2, 0.25) is 0 Å². The molecule has 4 bridgehead atoms. The Hall–Kier alpha value is -2.04. The number of anilines is 1. The van der Waals surface area contributed by atoms with Gasteiger partial charge in [0.1, 0.15) is 11.8 Å². The predicted molar refractivity (Wildman–Crippen MR) is 109 cm³/mol. The van der Waals surface area contributed by atoms with E-state index in [0.29, 0.717) is 23.4 Å². The fourth-order valence-corrected chi connectivity index (χ4v) is 6.11. The van der Waals surface area contributed by atoms with Crippen LogP contribution in [0.15, 0.2) is 24.3 Å². The first kappa shape index (κ1) is 19.3. The highest BCUT2D eigenvalue weighted by Gasteiger charge is 2.55. The van der Waals surface area contributed by atoms with E-state index in [1.54, 1.807) is 7.11 Å². The molecule has 28 heavy (non-hydrogen) atoms. The molecule has 1 atom stereocenters. The molecule has 0 radical (unpaired) electrons. The van der Waals surface area contributed by atoms with Crippen LogP contribution in [-0.2, 0) is 9.59 Å². The van der Waals surface area contributed by atoms with Crippen molar-refractivity contribution in [3.05, 3.63) is 24.3 Å². The third-order valence-electron chi connectivity index (χ3n) is 7.11. The average molecular weight is 385 g/mol. The molecule has 2 N–H and O–H groups in total. The van der Waals surface area contributed by atoms with Crippen molar-refractivity contribution >= 4 is 17.5 Å². The summed E-state index contributed by atoms with van der Waals surface area (Å²) in [6, 6.07) is 6.73. The molecular weight excluding hydrogens is 352 g/mol. The van der Waals surface area contributed by atoms with Gasteiger partial charge in [-0.3, -0.25) is 9.59 Å². The summed E-state index contributed by atoms with van der Waals surface area (Å²) in [5.41, 5.74) is 0.475. The van der Waals surface area contributed by atoms with Gasteiger partial charge in [0.2, 0.25) is 11.8 Å². The number of amides is 2. The first-order valence-electron chi connectivity index (χ1n) is 10.6. The smallest absolute Gasteiger partial charge is 0.247 e. The number of ether oxygens (including phenoxy) is 1. The molecule has 4 fully saturated rings. The van der Waals surface area contributed by atoms with Crippen molar-refractivity contribution in [1.82, 2.24) is 5.32 Å². The summed E-state index contributed by atoms with van der Waals surface area (Å²) in [4.78, 5) is 26.3. The third-order valence-corrected chi connectivity index (χ3v) is 7.11. The Morgan fingerprint density at radius 2 is 1.54 bits per heavy atom. The third kappa shape index (κ3) is 3.63. The number of benzene rings is 1. The second-order valence-corrected chi connectivity index (χ2v) is 9.61. The Bertz CT molecular complexity index is 705. The topological polar surface area (TPSA) is 67.4 Å². The largest absolute Gasteiger partial charge is 0.497 e. The molecule has 0 saturated heterocycles. The number of hydrogen-bond donors (Lipinski definition) is 2. The summed E-state index contributed by atoms with van der Waals surface area (Å²) in [5, 5.41) is 6.08. The maximum atomic E-state index is 13.3. The molecule has 4 aliphatic rings. The van der Waals surface area contributed by atoms with Gasteiger partial charge in [0, 0.05) is 11.1 Å². The number of nitrogens with one attached hydrogen (secondary N) is 2. The van der Waals surface area contributed by atoms with E-state index in [4.69, 9.17) is 4.74 Å². The van der Waals surface area contributed by atoms with E-state index in [-0.39, 0.29) is 23.1 Å². The van der Waals surface area contributed by atoms with Gasteiger partial charge in [-0.2, -0.15) is 0 Å². The molecule has 5 rings (SSSR count). The van der Waals surface area contributed by atoms with Gasteiger partial charge in [0.05, 0.1) is 7.11 Å². The van der Waals surface area contributed by atoms with Crippen molar-refractivity contribution in [1.29, 1.82) is 0 Å². The van der Waals surface area contributed by atoms with Crippen LogP contribution in [0.1, 0.15) is 52.4 Å². The Kier molecular flexibility index (Phi) is 5.11. The van der Waals surface area contributed by atoms with Crippen molar-refractivity contribution in [3.8, 4) is 5.75 Å². The minimum Gasteiger partial charge on any atom is -0.497 e. The van der Waals surface area contributed by atoms with Crippen molar-refractivity contribution in [3.63, 3.8) is 0 Å². The molecule has 1 aromatic rings. The van der Waals surface area contributed by atoms with Crippen LogP contribution in [0.25, 0.3) is 0 Å². The number of carbonyl (C=O) groups is 2. The van der Waals surface area contributed by atoms with E-state index in [1.807, 2.05) is 38.1 Å². The molecule has 4 saturated carbocycles. The van der Waals surface area contributed by atoms with Crippen LogP contribution in [0.4, 0.5) is 5.69 Å². The van der Waals surface area contributed by atoms with E-state index in [2.05, 4.69) is 10.6 Å². The fraction of sp³-hybridized carbons (Fsp3) is 0.652. The second kappa shape index (κ2) is 7.41. The highest BCUT2D eigenvalue weighted by atomic mass is 16.5. The summed E-state index contributed by atoms with van der Waals surface area (Å²) in [7, 11) is 1.61. The number of carbonyl (C=O) groups excluding carboxylic acids is 2. The van der Waals surface area contributed by atoms with Crippen LogP contribution >= 0.6 is 0 Å².